The number of nitrogens with zero attached hydrogens (tertiary/aromatic N) is 2. The highest BCUT2D eigenvalue weighted by atomic mass is 16.2. The molecular weight excluding hydrogens is 238 g/mol. The summed E-state index contributed by atoms with van der Waals surface area (Å²) in [5.41, 5.74) is 0. The van der Waals surface area contributed by atoms with E-state index in [1.54, 1.807) is 4.90 Å². The number of carbonyl (C=O) groups is 1. The fraction of sp³-hybridized carbons (Fsp3) is 0.933. The van der Waals surface area contributed by atoms with Crippen molar-refractivity contribution in [1.29, 1.82) is 0 Å². The molecule has 2 aliphatic rings. The van der Waals surface area contributed by atoms with Crippen molar-refractivity contribution < 1.29 is 4.79 Å². The molecule has 110 valence electrons. The molecule has 0 aromatic heterocycles. The van der Waals surface area contributed by atoms with E-state index in [0.29, 0.717) is 6.04 Å². The van der Waals surface area contributed by atoms with E-state index in [-0.39, 0.29) is 6.03 Å². The number of likely N-dealkylation sites (tertiary alicyclic amines) is 1. The Labute approximate surface area is 117 Å². The van der Waals surface area contributed by atoms with Gasteiger partial charge in [0.05, 0.1) is 0 Å². The first-order valence-corrected chi connectivity index (χ1v) is 7.77. The summed E-state index contributed by atoms with van der Waals surface area (Å²) in [6.45, 7) is 5.36. The quantitative estimate of drug-likeness (QED) is 0.850. The maximum absolute atomic E-state index is 11.8. The van der Waals surface area contributed by atoms with E-state index in [4.69, 9.17) is 0 Å². The predicted molar refractivity (Wildman–Crippen MR) is 78.2 cm³/mol. The van der Waals surface area contributed by atoms with Crippen molar-refractivity contribution in [2.75, 3.05) is 33.7 Å². The molecule has 1 saturated heterocycles. The molecule has 4 nitrogen and oxygen atoms in total. The average molecular weight is 267 g/mol. The van der Waals surface area contributed by atoms with Gasteiger partial charge in [0.2, 0.25) is 0 Å². The summed E-state index contributed by atoms with van der Waals surface area (Å²) in [4.78, 5) is 15.5. The molecule has 2 unspecified atom stereocenters. The molecule has 0 radical (unpaired) electrons. The van der Waals surface area contributed by atoms with Crippen LogP contribution in [-0.2, 0) is 0 Å². The summed E-state index contributed by atoms with van der Waals surface area (Å²) < 4.78 is 0. The molecule has 0 aromatic carbocycles. The zero-order chi connectivity index (χ0) is 13.8. The zero-order valence-corrected chi connectivity index (χ0v) is 12.7. The molecule has 0 bridgehead atoms. The zero-order valence-electron chi connectivity index (χ0n) is 12.7. The second-order valence-electron chi connectivity index (χ2n) is 6.51. The van der Waals surface area contributed by atoms with Crippen LogP contribution in [0.25, 0.3) is 0 Å². The van der Waals surface area contributed by atoms with E-state index in [9.17, 15) is 4.79 Å². The first-order chi connectivity index (χ1) is 9.08. The Bertz CT molecular complexity index is 298. The number of amides is 2. The number of hydrogen-bond acceptors (Lipinski definition) is 2. The summed E-state index contributed by atoms with van der Waals surface area (Å²) in [5.74, 6) is 1.77. The predicted octanol–water partition coefficient (Wildman–Crippen LogP) is 2.16. The molecule has 0 aromatic rings. The highest BCUT2D eigenvalue weighted by molar-refractivity contribution is 5.73. The third kappa shape index (κ3) is 3.85. The smallest absolute Gasteiger partial charge is 0.319 e. The molecule has 1 aliphatic heterocycles. The van der Waals surface area contributed by atoms with E-state index in [2.05, 4.69) is 12.2 Å². The third-order valence-corrected chi connectivity index (χ3v) is 4.86. The van der Waals surface area contributed by atoms with Crippen molar-refractivity contribution in [3.8, 4) is 0 Å². The molecule has 0 spiro atoms. The van der Waals surface area contributed by atoms with Crippen molar-refractivity contribution >= 4 is 6.03 Å². The minimum atomic E-state index is 0.155. The molecule has 1 heterocycles. The number of piperidine rings is 1. The number of nitrogens with one attached hydrogen (secondary N) is 1. The Hall–Kier alpha value is -0.770. The first kappa shape index (κ1) is 14.6. The fourth-order valence-electron chi connectivity index (χ4n) is 3.40. The van der Waals surface area contributed by atoms with Crippen LogP contribution in [0.5, 0.6) is 0 Å². The van der Waals surface area contributed by atoms with E-state index < -0.39 is 0 Å². The van der Waals surface area contributed by atoms with Gasteiger partial charge in [-0.15, -0.1) is 0 Å². The number of urea groups is 1. The average Bonchev–Trinajstić information content (AvgIpc) is 2.81. The number of carbonyl (C=O) groups excluding carboxylic acids is 1. The summed E-state index contributed by atoms with van der Waals surface area (Å²) in [6, 6.07) is 0.766. The lowest BCUT2D eigenvalue weighted by molar-refractivity contribution is 0.151. The largest absolute Gasteiger partial charge is 0.331 e. The second kappa shape index (κ2) is 6.60. The highest BCUT2D eigenvalue weighted by Crippen LogP contribution is 2.30. The van der Waals surface area contributed by atoms with Gasteiger partial charge in [-0.1, -0.05) is 19.8 Å². The Morgan fingerprint density at radius 1 is 1.21 bits per heavy atom. The van der Waals surface area contributed by atoms with Gasteiger partial charge in [0.1, 0.15) is 0 Å². The summed E-state index contributed by atoms with van der Waals surface area (Å²) in [7, 11) is 3.66. The first-order valence-electron chi connectivity index (χ1n) is 7.77. The standard InChI is InChI=1S/C15H29N3O/c1-12-5-4-6-13(12)11-16-14-7-9-18(10-8-14)15(19)17(2)3/h12-14,16H,4-11H2,1-3H3. The van der Waals surface area contributed by atoms with Gasteiger partial charge in [0.15, 0.2) is 0 Å². The lowest BCUT2D eigenvalue weighted by Crippen LogP contribution is -2.48. The van der Waals surface area contributed by atoms with E-state index in [1.807, 2.05) is 19.0 Å². The van der Waals surface area contributed by atoms with Crippen LogP contribution >= 0.6 is 0 Å². The van der Waals surface area contributed by atoms with Gasteiger partial charge in [0, 0.05) is 33.2 Å². The van der Waals surface area contributed by atoms with Crippen LogP contribution in [0.1, 0.15) is 39.0 Å². The van der Waals surface area contributed by atoms with Gasteiger partial charge in [-0.25, -0.2) is 4.79 Å². The van der Waals surface area contributed by atoms with Gasteiger partial charge < -0.3 is 15.1 Å². The van der Waals surface area contributed by atoms with Crippen LogP contribution in [0.2, 0.25) is 0 Å². The Morgan fingerprint density at radius 2 is 1.89 bits per heavy atom. The molecule has 2 fully saturated rings. The molecule has 2 atom stereocenters. The second-order valence-corrected chi connectivity index (χ2v) is 6.51. The van der Waals surface area contributed by atoms with Crippen molar-refractivity contribution in [3.63, 3.8) is 0 Å². The summed E-state index contributed by atoms with van der Waals surface area (Å²) in [5, 5.41) is 3.73. The minimum Gasteiger partial charge on any atom is -0.331 e. The summed E-state index contributed by atoms with van der Waals surface area (Å²) in [6.07, 6.45) is 6.40. The Kier molecular flexibility index (Phi) is 5.08. The molecule has 1 N–H and O–H groups in total. The van der Waals surface area contributed by atoms with Crippen molar-refractivity contribution in [3.05, 3.63) is 0 Å². The van der Waals surface area contributed by atoms with Crippen molar-refractivity contribution in [2.45, 2.75) is 45.1 Å². The van der Waals surface area contributed by atoms with Crippen LogP contribution in [0, 0.1) is 11.8 Å². The molecule has 19 heavy (non-hydrogen) atoms. The van der Waals surface area contributed by atoms with Crippen LogP contribution < -0.4 is 5.32 Å². The van der Waals surface area contributed by atoms with Gasteiger partial charge in [-0.2, -0.15) is 0 Å². The maximum Gasteiger partial charge on any atom is 0.319 e. The fourth-order valence-corrected chi connectivity index (χ4v) is 3.40. The molecule has 1 aliphatic carbocycles. The van der Waals surface area contributed by atoms with Crippen molar-refractivity contribution in [2.24, 2.45) is 11.8 Å². The number of hydrogen-bond donors (Lipinski definition) is 1. The van der Waals surface area contributed by atoms with E-state index >= 15 is 0 Å². The van der Waals surface area contributed by atoms with Crippen LogP contribution in [0.3, 0.4) is 0 Å². The molecule has 2 rings (SSSR count). The van der Waals surface area contributed by atoms with Gasteiger partial charge in [-0.3, -0.25) is 0 Å². The van der Waals surface area contributed by atoms with Gasteiger partial charge in [0.25, 0.3) is 0 Å². The van der Waals surface area contributed by atoms with Crippen LogP contribution in [-0.4, -0.2) is 55.6 Å². The topological polar surface area (TPSA) is 35.6 Å². The van der Waals surface area contributed by atoms with Crippen LogP contribution in [0.4, 0.5) is 4.79 Å². The third-order valence-electron chi connectivity index (χ3n) is 4.86. The molecule has 2 amide bonds. The maximum atomic E-state index is 11.8. The highest BCUT2D eigenvalue weighted by Gasteiger charge is 2.26. The Balaban J connectivity index is 1.67. The lowest BCUT2D eigenvalue weighted by Gasteiger charge is -2.34. The van der Waals surface area contributed by atoms with E-state index in [0.717, 1.165) is 37.8 Å². The molecule has 1 saturated carbocycles. The molecule has 4 heteroatoms. The van der Waals surface area contributed by atoms with Gasteiger partial charge in [-0.05, 0) is 37.6 Å². The lowest BCUT2D eigenvalue weighted by atomic mass is 9.97. The van der Waals surface area contributed by atoms with Gasteiger partial charge >= 0.3 is 6.03 Å². The van der Waals surface area contributed by atoms with Crippen LogP contribution in [0.15, 0.2) is 0 Å². The number of rotatable bonds is 3. The molecular formula is C15H29N3O. The van der Waals surface area contributed by atoms with Crippen molar-refractivity contribution in [1.82, 2.24) is 15.1 Å². The normalized spacial score (nSPS) is 28.7. The SMILES string of the molecule is CC1CCCC1CNC1CCN(C(=O)N(C)C)CC1. The minimum absolute atomic E-state index is 0.155. The summed E-state index contributed by atoms with van der Waals surface area (Å²) >= 11 is 0. The monoisotopic (exact) mass is 267 g/mol. The van der Waals surface area contributed by atoms with E-state index in [1.165, 1.54) is 25.8 Å². The Morgan fingerprint density at radius 3 is 2.42 bits per heavy atom.